The molecule has 2 aromatic rings. The zero-order valence-electron chi connectivity index (χ0n) is 10.6. The maximum atomic E-state index is 13.2. The minimum Gasteiger partial charge on any atom is -0.494 e. The molecule has 2 N–H and O–H groups in total. The van der Waals surface area contributed by atoms with Gasteiger partial charge in [-0.2, -0.15) is 5.10 Å². The Morgan fingerprint density at radius 1 is 1.47 bits per heavy atom. The number of methoxy groups -OCH3 is 1. The molecule has 2 rings (SSSR count). The number of aromatic nitrogens is 2. The number of nitrogens with one attached hydrogen (secondary N) is 1. The molecule has 102 valence electrons. The van der Waals surface area contributed by atoms with Gasteiger partial charge in [0.05, 0.1) is 26.5 Å². The third kappa shape index (κ3) is 3.45. The molecule has 0 saturated carbocycles. The van der Waals surface area contributed by atoms with Gasteiger partial charge in [-0.3, -0.25) is 4.68 Å². The summed E-state index contributed by atoms with van der Waals surface area (Å²) in [6, 6.07) is 4.61. The van der Waals surface area contributed by atoms with Crippen molar-refractivity contribution in [2.24, 2.45) is 0 Å². The zero-order valence-corrected chi connectivity index (χ0v) is 10.6. The molecule has 1 aromatic carbocycles. The lowest BCUT2D eigenvalue weighted by atomic mass is 10.2. The smallest absolute Gasteiger partial charge is 0.165 e. The predicted octanol–water partition coefficient (Wildman–Crippen LogP) is 1.64. The molecule has 19 heavy (non-hydrogen) atoms. The van der Waals surface area contributed by atoms with Gasteiger partial charge in [0.1, 0.15) is 0 Å². The molecule has 0 bridgehead atoms. The monoisotopic (exact) mass is 265 g/mol. The van der Waals surface area contributed by atoms with Crippen molar-refractivity contribution in [2.45, 2.75) is 13.1 Å². The van der Waals surface area contributed by atoms with E-state index in [4.69, 9.17) is 9.84 Å². The summed E-state index contributed by atoms with van der Waals surface area (Å²) in [7, 11) is 1.43. The first kappa shape index (κ1) is 13.4. The van der Waals surface area contributed by atoms with Crippen molar-refractivity contribution in [2.75, 3.05) is 19.0 Å². The van der Waals surface area contributed by atoms with Crippen LogP contribution in [-0.4, -0.2) is 28.6 Å². The van der Waals surface area contributed by atoms with E-state index >= 15 is 0 Å². The van der Waals surface area contributed by atoms with Crippen molar-refractivity contribution in [3.8, 4) is 5.75 Å². The highest BCUT2D eigenvalue weighted by molar-refractivity contribution is 5.49. The fourth-order valence-corrected chi connectivity index (χ4v) is 1.70. The Kier molecular flexibility index (Phi) is 4.35. The molecular formula is C13H16FN3O2. The van der Waals surface area contributed by atoms with Crippen molar-refractivity contribution >= 4 is 5.69 Å². The second-order valence-electron chi connectivity index (χ2n) is 4.04. The second kappa shape index (κ2) is 6.19. The summed E-state index contributed by atoms with van der Waals surface area (Å²) in [5, 5.41) is 16.0. The Balaban J connectivity index is 1.97. The fraction of sp³-hybridized carbons (Fsp3) is 0.308. The minimum atomic E-state index is -0.385. The topological polar surface area (TPSA) is 59.3 Å². The van der Waals surface area contributed by atoms with Crippen LogP contribution in [0.3, 0.4) is 0 Å². The lowest BCUT2D eigenvalue weighted by molar-refractivity contribution is 0.269. The van der Waals surface area contributed by atoms with Crippen molar-refractivity contribution in [3.05, 3.63) is 42.0 Å². The lowest BCUT2D eigenvalue weighted by Gasteiger charge is -2.07. The number of aliphatic hydroxyl groups excluding tert-OH is 1. The van der Waals surface area contributed by atoms with E-state index in [1.807, 2.05) is 6.20 Å². The number of nitrogens with zero attached hydrogens (tertiary/aromatic N) is 2. The third-order valence-electron chi connectivity index (χ3n) is 2.66. The van der Waals surface area contributed by atoms with E-state index in [2.05, 4.69) is 10.4 Å². The highest BCUT2D eigenvalue weighted by atomic mass is 19.1. The predicted molar refractivity (Wildman–Crippen MR) is 69.6 cm³/mol. The van der Waals surface area contributed by atoms with Crippen molar-refractivity contribution in [1.29, 1.82) is 0 Å². The highest BCUT2D eigenvalue weighted by Crippen LogP contribution is 2.21. The Morgan fingerprint density at radius 2 is 2.32 bits per heavy atom. The Morgan fingerprint density at radius 3 is 3.05 bits per heavy atom. The fourth-order valence-electron chi connectivity index (χ4n) is 1.70. The molecule has 6 heteroatoms. The zero-order chi connectivity index (χ0) is 13.7. The number of hydrogen-bond donors (Lipinski definition) is 2. The maximum absolute atomic E-state index is 13.2. The molecule has 0 saturated heterocycles. The van der Waals surface area contributed by atoms with Crippen LogP contribution in [0.5, 0.6) is 5.75 Å². The number of ether oxygens (including phenoxy) is 1. The van der Waals surface area contributed by atoms with Crippen LogP contribution in [0.2, 0.25) is 0 Å². The molecule has 0 radical (unpaired) electrons. The largest absolute Gasteiger partial charge is 0.494 e. The SMILES string of the molecule is COc1cc(NCc2cnn(CCO)c2)ccc1F. The summed E-state index contributed by atoms with van der Waals surface area (Å²) in [5.41, 5.74) is 1.75. The van der Waals surface area contributed by atoms with Crippen LogP contribution >= 0.6 is 0 Å². The molecule has 0 aliphatic carbocycles. The standard InChI is InChI=1S/C13H16FN3O2/c1-19-13-6-11(2-3-12(13)14)15-7-10-8-16-17(9-10)4-5-18/h2-3,6,8-9,15,18H,4-5,7H2,1H3. The Bertz CT molecular complexity index is 542. The molecule has 1 aromatic heterocycles. The number of aliphatic hydroxyl groups is 1. The summed E-state index contributed by atoms with van der Waals surface area (Å²) in [5.74, 6) is -0.176. The van der Waals surface area contributed by atoms with Crippen LogP contribution in [0.15, 0.2) is 30.6 Å². The molecule has 0 spiro atoms. The normalized spacial score (nSPS) is 10.5. The Hall–Kier alpha value is -2.08. The number of benzene rings is 1. The molecule has 0 unspecified atom stereocenters. The van der Waals surface area contributed by atoms with E-state index in [1.165, 1.54) is 13.2 Å². The van der Waals surface area contributed by atoms with Gasteiger partial charge in [0.25, 0.3) is 0 Å². The summed E-state index contributed by atoms with van der Waals surface area (Å²) < 4.78 is 19.8. The van der Waals surface area contributed by atoms with Crippen LogP contribution in [0.25, 0.3) is 0 Å². The first-order chi connectivity index (χ1) is 9.22. The van der Waals surface area contributed by atoms with Crippen LogP contribution in [0.1, 0.15) is 5.56 Å². The number of anilines is 1. The van der Waals surface area contributed by atoms with E-state index in [0.717, 1.165) is 11.3 Å². The van der Waals surface area contributed by atoms with Gasteiger partial charge in [-0.1, -0.05) is 0 Å². The Labute approximate surface area is 110 Å². The van der Waals surface area contributed by atoms with Crippen LogP contribution in [0, 0.1) is 5.82 Å². The van der Waals surface area contributed by atoms with Gasteiger partial charge >= 0.3 is 0 Å². The van der Waals surface area contributed by atoms with Crippen molar-refractivity contribution in [3.63, 3.8) is 0 Å². The second-order valence-corrected chi connectivity index (χ2v) is 4.04. The van der Waals surface area contributed by atoms with E-state index in [-0.39, 0.29) is 18.2 Å². The van der Waals surface area contributed by atoms with Gasteiger partial charge in [-0.25, -0.2) is 4.39 Å². The molecular weight excluding hydrogens is 249 g/mol. The molecule has 0 aliphatic rings. The first-order valence-electron chi connectivity index (χ1n) is 5.92. The van der Waals surface area contributed by atoms with E-state index in [0.29, 0.717) is 13.1 Å². The van der Waals surface area contributed by atoms with E-state index in [9.17, 15) is 4.39 Å². The first-order valence-corrected chi connectivity index (χ1v) is 5.92. The molecule has 5 nitrogen and oxygen atoms in total. The van der Waals surface area contributed by atoms with Crippen molar-refractivity contribution in [1.82, 2.24) is 9.78 Å². The number of hydrogen-bond acceptors (Lipinski definition) is 4. The maximum Gasteiger partial charge on any atom is 0.165 e. The third-order valence-corrected chi connectivity index (χ3v) is 2.66. The van der Waals surface area contributed by atoms with Crippen LogP contribution in [0.4, 0.5) is 10.1 Å². The average Bonchev–Trinajstić information content (AvgIpc) is 2.86. The van der Waals surface area contributed by atoms with Gasteiger partial charge in [-0.15, -0.1) is 0 Å². The highest BCUT2D eigenvalue weighted by Gasteiger charge is 2.04. The van der Waals surface area contributed by atoms with Gasteiger partial charge in [0.2, 0.25) is 0 Å². The number of halogens is 1. The molecule has 0 amide bonds. The van der Waals surface area contributed by atoms with E-state index in [1.54, 1.807) is 23.0 Å². The van der Waals surface area contributed by atoms with Gasteiger partial charge in [0.15, 0.2) is 11.6 Å². The van der Waals surface area contributed by atoms with Gasteiger partial charge < -0.3 is 15.2 Å². The minimum absolute atomic E-state index is 0.0592. The summed E-state index contributed by atoms with van der Waals surface area (Å²) >= 11 is 0. The molecule has 0 atom stereocenters. The quantitative estimate of drug-likeness (QED) is 0.833. The lowest BCUT2D eigenvalue weighted by Crippen LogP contribution is -2.02. The summed E-state index contributed by atoms with van der Waals surface area (Å²) in [6.07, 6.45) is 3.58. The average molecular weight is 265 g/mol. The molecule has 1 heterocycles. The van der Waals surface area contributed by atoms with Gasteiger partial charge in [-0.05, 0) is 12.1 Å². The van der Waals surface area contributed by atoms with E-state index < -0.39 is 0 Å². The van der Waals surface area contributed by atoms with Crippen LogP contribution in [-0.2, 0) is 13.1 Å². The van der Waals surface area contributed by atoms with Crippen LogP contribution < -0.4 is 10.1 Å². The molecule has 0 fully saturated rings. The van der Waals surface area contributed by atoms with Gasteiger partial charge in [0, 0.05) is 30.1 Å². The van der Waals surface area contributed by atoms with Crippen molar-refractivity contribution < 1.29 is 14.2 Å². The summed E-state index contributed by atoms with van der Waals surface area (Å²) in [6.45, 7) is 1.11. The summed E-state index contributed by atoms with van der Waals surface area (Å²) in [4.78, 5) is 0. The number of rotatable bonds is 6. The molecule has 0 aliphatic heterocycles.